The number of ether oxygens (including phenoxy) is 2. The zero-order valence-corrected chi connectivity index (χ0v) is 11.2. The summed E-state index contributed by atoms with van der Waals surface area (Å²) in [6, 6.07) is 8.67. The van der Waals surface area contributed by atoms with Crippen molar-refractivity contribution in [3.05, 3.63) is 24.3 Å². The Morgan fingerprint density at radius 2 is 2.28 bits per heavy atom. The van der Waals surface area contributed by atoms with Crippen LogP contribution >= 0.6 is 0 Å². The molecule has 1 fully saturated rings. The van der Waals surface area contributed by atoms with Gasteiger partial charge in [0.05, 0.1) is 6.61 Å². The molecule has 0 saturated carbocycles. The summed E-state index contributed by atoms with van der Waals surface area (Å²) in [6.45, 7) is 3.48. The van der Waals surface area contributed by atoms with Gasteiger partial charge in [0.1, 0.15) is 12.4 Å². The lowest BCUT2D eigenvalue weighted by molar-refractivity contribution is 0.146. The predicted octanol–water partition coefficient (Wildman–Crippen LogP) is 1.83. The molecule has 1 unspecified atom stereocenters. The van der Waals surface area contributed by atoms with E-state index in [-0.39, 0.29) is 0 Å². The number of methoxy groups -OCH3 is 1. The zero-order valence-electron chi connectivity index (χ0n) is 11.2. The fourth-order valence-electron chi connectivity index (χ4n) is 2.21. The summed E-state index contributed by atoms with van der Waals surface area (Å²) in [7, 11) is 3.84. The number of benzene rings is 1. The van der Waals surface area contributed by atoms with Crippen LogP contribution < -0.4 is 10.1 Å². The van der Waals surface area contributed by atoms with Crippen molar-refractivity contribution in [1.29, 1.82) is 0 Å². The molecule has 0 aliphatic carbocycles. The summed E-state index contributed by atoms with van der Waals surface area (Å²) in [5.41, 5.74) is 1.13. The van der Waals surface area contributed by atoms with Gasteiger partial charge in [-0.05, 0) is 32.1 Å². The van der Waals surface area contributed by atoms with Crippen LogP contribution in [0.5, 0.6) is 5.75 Å². The minimum Gasteiger partial charge on any atom is -0.491 e. The van der Waals surface area contributed by atoms with Gasteiger partial charge < -0.3 is 19.7 Å². The van der Waals surface area contributed by atoms with Crippen LogP contribution in [0.25, 0.3) is 0 Å². The minimum atomic E-state index is 0.546. The molecule has 2 rings (SSSR count). The second-order valence-electron chi connectivity index (χ2n) is 4.76. The van der Waals surface area contributed by atoms with E-state index in [0.29, 0.717) is 19.3 Å². The quantitative estimate of drug-likeness (QED) is 0.781. The maximum atomic E-state index is 5.60. The van der Waals surface area contributed by atoms with E-state index < -0.39 is 0 Å². The third-order valence-electron chi connectivity index (χ3n) is 3.15. The molecular formula is C14H22N2O2. The van der Waals surface area contributed by atoms with Gasteiger partial charge in [0.2, 0.25) is 0 Å². The topological polar surface area (TPSA) is 33.7 Å². The van der Waals surface area contributed by atoms with Crippen molar-refractivity contribution < 1.29 is 9.47 Å². The van der Waals surface area contributed by atoms with Gasteiger partial charge in [0.15, 0.2) is 0 Å². The van der Waals surface area contributed by atoms with Gasteiger partial charge in [0.25, 0.3) is 0 Å². The number of nitrogens with one attached hydrogen (secondary N) is 1. The Kier molecular flexibility index (Phi) is 4.84. The molecule has 0 radical (unpaired) electrons. The van der Waals surface area contributed by atoms with E-state index in [2.05, 4.69) is 23.3 Å². The molecule has 18 heavy (non-hydrogen) atoms. The van der Waals surface area contributed by atoms with Gasteiger partial charge >= 0.3 is 0 Å². The summed E-state index contributed by atoms with van der Waals surface area (Å²) in [5.74, 6) is 0.892. The summed E-state index contributed by atoms with van der Waals surface area (Å²) in [5, 5.41) is 3.55. The first-order chi connectivity index (χ1) is 8.78. The molecule has 1 heterocycles. The van der Waals surface area contributed by atoms with Crippen LogP contribution in [0.2, 0.25) is 0 Å². The number of anilines is 1. The first-order valence-corrected chi connectivity index (χ1v) is 6.45. The second-order valence-corrected chi connectivity index (χ2v) is 4.76. The molecule has 4 heteroatoms. The molecular weight excluding hydrogens is 228 g/mol. The molecule has 0 aromatic heterocycles. The summed E-state index contributed by atoms with van der Waals surface area (Å²) in [4.78, 5) is 2.34. The van der Waals surface area contributed by atoms with E-state index in [1.165, 1.54) is 13.0 Å². The molecule has 4 nitrogen and oxygen atoms in total. The Hall–Kier alpha value is -1.26. The maximum absolute atomic E-state index is 5.60. The Morgan fingerprint density at radius 1 is 1.39 bits per heavy atom. The van der Waals surface area contributed by atoms with E-state index in [4.69, 9.17) is 9.47 Å². The number of likely N-dealkylation sites (N-methyl/N-ethyl adjacent to an activating group) is 1. The summed E-state index contributed by atoms with van der Waals surface area (Å²) in [6.07, 6.45) is 1.20. The van der Waals surface area contributed by atoms with Crippen LogP contribution in [0, 0.1) is 0 Å². The third kappa shape index (κ3) is 3.89. The average Bonchev–Trinajstić information content (AvgIpc) is 2.76. The highest BCUT2D eigenvalue weighted by molar-refractivity contribution is 5.49. The summed E-state index contributed by atoms with van der Waals surface area (Å²) < 4.78 is 10.6. The molecule has 1 saturated heterocycles. The van der Waals surface area contributed by atoms with Crippen molar-refractivity contribution in [2.75, 3.05) is 45.8 Å². The van der Waals surface area contributed by atoms with Crippen LogP contribution in [-0.4, -0.2) is 51.4 Å². The Bertz CT molecular complexity index is 371. The first kappa shape index (κ1) is 13.2. The number of likely N-dealkylation sites (tertiary alicyclic amines) is 1. The van der Waals surface area contributed by atoms with Gasteiger partial charge in [-0.25, -0.2) is 0 Å². The highest BCUT2D eigenvalue weighted by Crippen LogP contribution is 2.20. The number of hydrogen-bond donors (Lipinski definition) is 1. The first-order valence-electron chi connectivity index (χ1n) is 6.45. The van der Waals surface area contributed by atoms with Crippen molar-refractivity contribution in [3.8, 4) is 5.75 Å². The lowest BCUT2D eigenvalue weighted by atomic mass is 10.2. The Labute approximate surface area is 109 Å². The molecule has 0 amide bonds. The number of hydrogen-bond acceptors (Lipinski definition) is 4. The molecule has 0 bridgehead atoms. The fraction of sp³-hybridized carbons (Fsp3) is 0.571. The molecule has 1 aliphatic rings. The highest BCUT2D eigenvalue weighted by atomic mass is 16.5. The lowest BCUT2D eigenvalue weighted by Gasteiger charge is -2.15. The van der Waals surface area contributed by atoms with Crippen molar-refractivity contribution in [2.45, 2.75) is 12.5 Å². The van der Waals surface area contributed by atoms with Crippen LogP contribution in [0.4, 0.5) is 5.69 Å². The minimum absolute atomic E-state index is 0.546. The lowest BCUT2D eigenvalue weighted by Crippen LogP contribution is -2.23. The number of nitrogens with zero attached hydrogens (tertiary/aromatic N) is 1. The van der Waals surface area contributed by atoms with E-state index in [1.54, 1.807) is 7.11 Å². The maximum Gasteiger partial charge on any atom is 0.121 e. The van der Waals surface area contributed by atoms with Gasteiger partial charge in [-0.3, -0.25) is 0 Å². The largest absolute Gasteiger partial charge is 0.491 e. The molecule has 0 spiro atoms. The van der Waals surface area contributed by atoms with Crippen LogP contribution in [0.1, 0.15) is 6.42 Å². The summed E-state index contributed by atoms with van der Waals surface area (Å²) >= 11 is 0. The van der Waals surface area contributed by atoms with E-state index >= 15 is 0 Å². The van der Waals surface area contributed by atoms with E-state index in [1.807, 2.05) is 18.2 Å². The van der Waals surface area contributed by atoms with Crippen molar-refractivity contribution in [3.63, 3.8) is 0 Å². The Morgan fingerprint density at radius 3 is 3.00 bits per heavy atom. The number of rotatable bonds is 6. The molecule has 1 N–H and O–H groups in total. The molecule has 1 atom stereocenters. The van der Waals surface area contributed by atoms with E-state index in [9.17, 15) is 0 Å². The van der Waals surface area contributed by atoms with E-state index in [0.717, 1.165) is 18.0 Å². The normalized spacial score (nSPS) is 20.0. The van der Waals surface area contributed by atoms with Gasteiger partial charge in [-0.1, -0.05) is 6.07 Å². The molecule has 1 aromatic carbocycles. The average molecular weight is 250 g/mol. The molecule has 100 valence electrons. The standard InChI is InChI=1S/C14H22N2O2/c1-16-7-6-13(11-16)15-12-4-3-5-14(10-12)18-9-8-17-2/h3-5,10,13,15H,6-9,11H2,1-2H3. The van der Waals surface area contributed by atoms with Crippen molar-refractivity contribution in [2.24, 2.45) is 0 Å². The van der Waals surface area contributed by atoms with Gasteiger partial charge in [-0.15, -0.1) is 0 Å². The van der Waals surface area contributed by atoms with Crippen molar-refractivity contribution >= 4 is 5.69 Å². The third-order valence-corrected chi connectivity index (χ3v) is 3.15. The molecule has 1 aliphatic heterocycles. The van der Waals surface area contributed by atoms with Gasteiger partial charge in [0, 0.05) is 31.5 Å². The van der Waals surface area contributed by atoms with Gasteiger partial charge in [-0.2, -0.15) is 0 Å². The second kappa shape index (κ2) is 6.61. The van der Waals surface area contributed by atoms with Crippen LogP contribution in [-0.2, 0) is 4.74 Å². The van der Waals surface area contributed by atoms with Crippen molar-refractivity contribution in [1.82, 2.24) is 4.90 Å². The van der Waals surface area contributed by atoms with Crippen LogP contribution in [0.3, 0.4) is 0 Å². The smallest absolute Gasteiger partial charge is 0.121 e. The molecule has 1 aromatic rings. The Balaban J connectivity index is 1.86. The predicted molar refractivity (Wildman–Crippen MR) is 73.3 cm³/mol. The monoisotopic (exact) mass is 250 g/mol. The fourth-order valence-corrected chi connectivity index (χ4v) is 2.21. The highest BCUT2D eigenvalue weighted by Gasteiger charge is 2.18. The zero-order chi connectivity index (χ0) is 12.8. The van der Waals surface area contributed by atoms with Crippen LogP contribution in [0.15, 0.2) is 24.3 Å². The SMILES string of the molecule is COCCOc1cccc(NC2CCN(C)C2)c1.